The van der Waals surface area contributed by atoms with Crippen molar-refractivity contribution in [2.24, 2.45) is 0 Å². The summed E-state index contributed by atoms with van der Waals surface area (Å²) < 4.78 is 23.1. The highest BCUT2D eigenvalue weighted by molar-refractivity contribution is 7.81. The molecule has 4 aromatic rings. The number of aryl methyl sites for hydroxylation is 1. The first-order valence-corrected chi connectivity index (χ1v) is 11.7. The number of thiazole rings is 1. The molecule has 0 aliphatic rings. The van der Waals surface area contributed by atoms with Crippen LogP contribution < -0.4 is 9.62 Å². The van der Waals surface area contributed by atoms with Gasteiger partial charge in [0.15, 0.2) is 5.13 Å². The number of hydrogen-bond donors (Lipinski definition) is 2. The lowest BCUT2D eigenvalue weighted by Crippen LogP contribution is -2.22. The monoisotopic (exact) mass is 455 g/mol. The van der Waals surface area contributed by atoms with Crippen LogP contribution in [0, 0.1) is 6.92 Å². The van der Waals surface area contributed by atoms with Gasteiger partial charge in [0.25, 0.3) is 17.2 Å². The van der Waals surface area contributed by atoms with Crippen molar-refractivity contribution in [1.29, 1.82) is 0 Å². The third-order valence-electron chi connectivity index (χ3n) is 4.30. The van der Waals surface area contributed by atoms with Crippen LogP contribution in [-0.2, 0) is 11.3 Å². The molecule has 4 rings (SSSR count). The van der Waals surface area contributed by atoms with Gasteiger partial charge in [-0.3, -0.25) is 14.7 Å². The molecule has 0 bridgehead atoms. The van der Waals surface area contributed by atoms with Crippen LogP contribution in [0.25, 0.3) is 11.3 Å². The molecule has 0 aliphatic heterocycles. The maximum absolute atomic E-state index is 13.0. The molecule has 9 heteroatoms. The number of benzene rings is 2. The molecular formula is C21H17N3O3S3. The Morgan fingerprint density at radius 3 is 2.53 bits per heavy atom. The van der Waals surface area contributed by atoms with Crippen molar-refractivity contribution in [3.63, 3.8) is 0 Å². The van der Waals surface area contributed by atoms with Crippen LogP contribution in [0.5, 0.6) is 0 Å². The molecule has 2 aromatic heterocycles. The van der Waals surface area contributed by atoms with Crippen molar-refractivity contribution in [2.75, 3.05) is 9.62 Å². The minimum absolute atomic E-state index is 0.278. The fraction of sp³-hybridized carbons (Fsp3) is 0.0476. The van der Waals surface area contributed by atoms with Gasteiger partial charge in [-0.25, -0.2) is 13.5 Å². The summed E-state index contributed by atoms with van der Waals surface area (Å²) >= 11 is 0.308. The van der Waals surface area contributed by atoms with E-state index in [1.54, 1.807) is 41.8 Å². The van der Waals surface area contributed by atoms with Gasteiger partial charge in [-0.1, -0.05) is 42.0 Å². The van der Waals surface area contributed by atoms with E-state index in [2.05, 4.69) is 10.3 Å². The molecule has 30 heavy (non-hydrogen) atoms. The molecule has 152 valence electrons. The molecule has 0 aliphatic carbocycles. The predicted molar refractivity (Wildman–Crippen MR) is 124 cm³/mol. The van der Waals surface area contributed by atoms with Crippen molar-refractivity contribution < 1.29 is 13.6 Å². The fourth-order valence-electron chi connectivity index (χ4n) is 2.86. The van der Waals surface area contributed by atoms with Gasteiger partial charge in [0.05, 0.1) is 16.9 Å². The van der Waals surface area contributed by atoms with Crippen LogP contribution in [0.1, 0.15) is 15.9 Å². The summed E-state index contributed by atoms with van der Waals surface area (Å²) in [5, 5.41) is 7.51. The molecule has 1 atom stereocenters. The standard InChI is InChI=1S/C21H17N3O3S3/c1-14-8-10-15(11-9-14)17-13-29-21(22-17)23-20(25)16-5-2-3-6-18(16)24(30(26)27)19-7-4-12-28-19/h2-13H,1H3,(H,26,27)(H,22,23,25). The van der Waals surface area contributed by atoms with Gasteiger partial charge in [-0.2, -0.15) is 0 Å². The number of anilines is 3. The van der Waals surface area contributed by atoms with Crippen molar-refractivity contribution in [3.8, 4) is 11.3 Å². The van der Waals surface area contributed by atoms with Gasteiger partial charge in [0.2, 0.25) is 0 Å². The number of amides is 1. The quantitative estimate of drug-likeness (QED) is 0.365. The molecule has 0 saturated carbocycles. The van der Waals surface area contributed by atoms with Crippen LogP contribution in [-0.4, -0.2) is 19.7 Å². The molecule has 6 nitrogen and oxygen atoms in total. The van der Waals surface area contributed by atoms with Crippen LogP contribution in [0.15, 0.2) is 71.4 Å². The van der Waals surface area contributed by atoms with Crippen LogP contribution in [0.4, 0.5) is 15.8 Å². The predicted octanol–water partition coefficient (Wildman–Crippen LogP) is 5.71. The average Bonchev–Trinajstić information content (AvgIpc) is 3.41. The van der Waals surface area contributed by atoms with E-state index in [1.165, 1.54) is 27.0 Å². The van der Waals surface area contributed by atoms with E-state index in [0.29, 0.717) is 15.8 Å². The van der Waals surface area contributed by atoms with E-state index in [9.17, 15) is 13.6 Å². The number of carbonyl (C=O) groups is 1. The first kappa shape index (κ1) is 20.4. The highest BCUT2D eigenvalue weighted by Crippen LogP contribution is 2.34. The first-order valence-electron chi connectivity index (χ1n) is 8.90. The maximum Gasteiger partial charge on any atom is 0.267 e. The van der Waals surface area contributed by atoms with E-state index >= 15 is 0 Å². The first-order chi connectivity index (χ1) is 14.5. The zero-order valence-electron chi connectivity index (χ0n) is 15.8. The number of carbonyl (C=O) groups excluding carboxylic acids is 1. The lowest BCUT2D eigenvalue weighted by Gasteiger charge is -2.20. The van der Waals surface area contributed by atoms with Gasteiger partial charge >= 0.3 is 0 Å². The Morgan fingerprint density at radius 2 is 1.83 bits per heavy atom. The number of nitrogens with zero attached hydrogens (tertiary/aromatic N) is 2. The summed E-state index contributed by atoms with van der Waals surface area (Å²) in [7, 11) is 0. The van der Waals surface area contributed by atoms with Crippen molar-refractivity contribution in [3.05, 3.63) is 82.6 Å². The SMILES string of the molecule is Cc1ccc(-c2csc(NC(=O)c3ccccc3N(c3cccs3)S(=O)O)n2)cc1. The summed E-state index contributed by atoms with van der Waals surface area (Å²) in [6.07, 6.45) is 0. The summed E-state index contributed by atoms with van der Waals surface area (Å²) in [6.45, 7) is 2.02. The summed E-state index contributed by atoms with van der Waals surface area (Å²) in [6, 6.07) is 18.2. The molecule has 2 heterocycles. The molecular weight excluding hydrogens is 438 g/mol. The molecule has 1 amide bonds. The van der Waals surface area contributed by atoms with Crippen LogP contribution in [0.2, 0.25) is 0 Å². The Morgan fingerprint density at radius 1 is 1.07 bits per heavy atom. The zero-order valence-corrected chi connectivity index (χ0v) is 18.3. The summed E-state index contributed by atoms with van der Waals surface area (Å²) in [5.74, 6) is -0.401. The largest absolute Gasteiger partial charge is 0.298 e. The minimum atomic E-state index is -2.33. The second-order valence-corrected chi connectivity index (χ2v) is 8.96. The van der Waals surface area contributed by atoms with Gasteiger partial charge in [-0.05, 0) is 36.6 Å². The van der Waals surface area contributed by atoms with Crippen molar-refractivity contribution in [1.82, 2.24) is 4.98 Å². The van der Waals surface area contributed by atoms with Crippen LogP contribution in [0.3, 0.4) is 0 Å². The van der Waals surface area contributed by atoms with E-state index in [4.69, 9.17) is 0 Å². The Bertz CT molecular complexity index is 1190. The third-order valence-corrected chi connectivity index (χ3v) is 6.73. The van der Waals surface area contributed by atoms with Gasteiger partial charge in [0.1, 0.15) is 5.00 Å². The minimum Gasteiger partial charge on any atom is -0.298 e. The highest BCUT2D eigenvalue weighted by atomic mass is 32.2. The molecule has 0 fully saturated rings. The van der Waals surface area contributed by atoms with E-state index in [-0.39, 0.29) is 5.56 Å². The molecule has 0 saturated heterocycles. The molecule has 2 aromatic carbocycles. The number of nitrogens with one attached hydrogen (secondary N) is 1. The summed E-state index contributed by atoms with van der Waals surface area (Å²) in [5.41, 5.74) is 3.53. The van der Waals surface area contributed by atoms with Crippen LogP contribution >= 0.6 is 22.7 Å². The van der Waals surface area contributed by atoms with Gasteiger partial charge in [-0.15, -0.1) is 22.7 Å². The number of thiophene rings is 1. The molecule has 0 radical (unpaired) electrons. The lowest BCUT2D eigenvalue weighted by atomic mass is 10.1. The topological polar surface area (TPSA) is 82.5 Å². The second-order valence-electron chi connectivity index (χ2n) is 6.35. The molecule has 1 unspecified atom stereocenters. The number of rotatable bonds is 6. The highest BCUT2D eigenvalue weighted by Gasteiger charge is 2.23. The van der Waals surface area contributed by atoms with E-state index in [0.717, 1.165) is 16.8 Å². The average molecular weight is 456 g/mol. The van der Waals surface area contributed by atoms with Gasteiger partial charge < -0.3 is 0 Å². The number of para-hydroxylation sites is 1. The Kier molecular flexibility index (Phi) is 6.05. The zero-order chi connectivity index (χ0) is 21.1. The van der Waals surface area contributed by atoms with E-state index < -0.39 is 17.2 Å². The second kappa shape index (κ2) is 8.88. The van der Waals surface area contributed by atoms with Crippen molar-refractivity contribution >= 4 is 55.7 Å². The lowest BCUT2D eigenvalue weighted by molar-refractivity contribution is 0.102. The summed E-state index contributed by atoms with van der Waals surface area (Å²) in [4.78, 5) is 17.5. The Balaban J connectivity index is 1.61. The third kappa shape index (κ3) is 4.34. The fourth-order valence-corrected chi connectivity index (χ4v) is 5.09. The van der Waals surface area contributed by atoms with Crippen molar-refractivity contribution in [2.45, 2.75) is 6.92 Å². The maximum atomic E-state index is 13.0. The number of hydrogen-bond acceptors (Lipinski definition) is 5. The Hall–Kier alpha value is -2.85. The normalized spacial score (nSPS) is 11.8. The number of aromatic nitrogens is 1. The van der Waals surface area contributed by atoms with Gasteiger partial charge in [0, 0.05) is 10.9 Å². The Labute approximate surface area is 184 Å². The smallest absolute Gasteiger partial charge is 0.267 e. The van der Waals surface area contributed by atoms with E-state index in [1.807, 2.05) is 36.6 Å². The molecule has 0 spiro atoms. The molecule has 2 N–H and O–H groups in total.